The van der Waals surface area contributed by atoms with Crippen LogP contribution in [0, 0.1) is 6.92 Å². The summed E-state index contributed by atoms with van der Waals surface area (Å²) in [5, 5.41) is 2.78. The molecule has 1 aromatic carbocycles. The maximum Gasteiger partial charge on any atom is 0.265 e. The van der Waals surface area contributed by atoms with Crippen LogP contribution in [0.4, 0.5) is 5.69 Å². The molecule has 0 bridgehead atoms. The van der Waals surface area contributed by atoms with Gasteiger partial charge in [0.1, 0.15) is 5.75 Å². The zero-order valence-corrected chi connectivity index (χ0v) is 13.6. The molecule has 0 spiro atoms. The molecule has 7 heteroatoms. The van der Waals surface area contributed by atoms with Gasteiger partial charge < -0.3 is 15.8 Å². The van der Waals surface area contributed by atoms with Crippen molar-refractivity contribution in [2.75, 3.05) is 11.9 Å². The second-order valence-electron chi connectivity index (χ2n) is 4.30. The molecular formula is C14H13BrN2O3S. The van der Waals surface area contributed by atoms with Crippen LogP contribution >= 0.6 is 27.3 Å². The van der Waals surface area contributed by atoms with E-state index >= 15 is 0 Å². The second-order valence-corrected chi connectivity index (χ2v) is 6.67. The van der Waals surface area contributed by atoms with Crippen molar-refractivity contribution in [1.29, 1.82) is 0 Å². The van der Waals surface area contributed by atoms with Gasteiger partial charge in [0.15, 0.2) is 6.61 Å². The fraction of sp³-hybridized carbons (Fsp3) is 0.143. The molecule has 0 aliphatic rings. The highest BCUT2D eigenvalue weighted by Gasteiger charge is 2.11. The van der Waals surface area contributed by atoms with Crippen LogP contribution in [0.5, 0.6) is 5.75 Å². The van der Waals surface area contributed by atoms with Crippen LogP contribution in [-0.2, 0) is 4.79 Å². The summed E-state index contributed by atoms with van der Waals surface area (Å²) >= 11 is 4.76. The van der Waals surface area contributed by atoms with E-state index in [0.717, 1.165) is 9.35 Å². The topological polar surface area (TPSA) is 81.4 Å². The summed E-state index contributed by atoms with van der Waals surface area (Å²) in [4.78, 5) is 23.4. The van der Waals surface area contributed by atoms with Crippen LogP contribution in [0.15, 0.2) is 34.1 Å². The van der Waals surface area contributed by atoms with E-state index in [1.165, 1.54) is 11.3 Å². The predicted octanol–water partition coefficient (Wildman–Crippen LogP) is 2.94. The van der Waals surface area contributed by atoms with Gasteiger partial charge in [-0.1, -0.05) is 6.07 Å². The number of nitrogens with one attached hydrogen (secondary N) is 1. The third-order valence-corrected chi connectivity index (χ3v) is 4.69. The molecule has 0 saturated carbocycles. The minimum Gasteiger partial charge on any atom is -0.484 e. The molecule has 2 aromatic rings. The van der Waals surface area contributed by atoms with Gasteiger partial charge in [-0.05, 0) is 46.6 Å². The molecule has 0 atom stereocenters. The third-order valence-electron chi connectivity index (χ3n) is 2.55. The van der Waals surface area contributed by atoms with E-state index in [9.17, 15) is 9.59 Å². The maximum atomic E-state index is 12.1. The molecule has 0 aliphatic heterocycles. The van der Waals surface area contributed by atoms with E-state index < -0.39 is 5.91 Å². The monoisotopic (exact) mass is 368 g/mol. The summed E-state index contributed by atoms with van der Waals surface area (Å²) in [6.45, 7) is 1.73. The predicted molar refractivity (Wildman–Crippen MR) is 85.8 cm³/mol. The van der Waals surface area contributed by atoms with Crippen molar-refractivity contribution in [2.45, 2.75) is 6.92 Å². The zero-order valence-electron chi connectivity index (χ0n) is 11.2. The van der Waals surface area contributed by atoms with Crippen LogP contribution in [0.1, 0.15) is 15.2 Å². The summed E-state index contributed by atoms with van der Waals surface area (Å²) in [7, 11) is 0. The van der Waals surface area contributed by atoms with Gasteiger partial charge in [0.2, 0.25) is 0 Å². The van der Waals surface area contributed by atoms with Crippen molar-refractivity contribution in [2.24, 2.45) is 5.73 Å². The molecule has 0 unspecified atom stereocenters. The van der Waals surface area contributed by atoms with Crippen molar-refractivity contribution in [1.82, 2.24) is 0 Å². The number of carbonyl (C=O) groups excluding carboxylic acids is 2. The maximum absolute atomic E-state index is 12.1. The van der Waals surface area contributed by atoms with Crippen molar-refractivity contribution < 1.29 is 14.3 Å². The Hall–Kier alpha value is -1.86. The SMILES string of the molecule is Cc1cc(C(=O)Nc2cccc(OCC(N)=O)c2)sc1Br. The number of rotatable bonds is 5. The van der Waals surface area contributed by atoms with Crippen LogP contribution in [0.3, 0.4) is 0 Å². The van der Waals surface area contributed by atoms with E-state index in [1.807, 2.05) is 13.0 Å². The van der Waals surface area contributed by atoms with Gasteiger partial charge in [0.05, 0.1) is 8.66 Å². The molecule has 1 heterocycles. The van der Waals surface area contributed by atoms with Crippen LogP contribution in [0.25, 0.3) is 0 Å². The first-order chi connectivity index (χ1) is 9.95. The standard InChI is InChI=1S/C14H13BrN2O3S/c1-8-5-11(21-13(8)15)14(19)17-9-3-2-4-10(6-9)20-7-12(16)18/h2-6H,7H2,1H3,(H2,16,18)(H,17,19). The van der Waals surface area contributed by atoms with E-state index in [0.29, 0.717) is 16.3 Å². The molecule has 2 rings (SSSR count). The Morgan fingerprint density at radius 2 is 2.14 bits per heavy atom. The van der Waals surface area contributed by atoms with E-state index in [-0.39, 0.29) is 12.5 Å². The number of amides is 2. The van der Waals surface area contributed by atoms with E-state index in [2.05, 4.69) is 21.2 Å². The summed E-state index contributed by atoms with van der Waals surface area (Å²) in [6.07, 6.45) is 0. The van der Waals surface area contributed by atoms with Crippen LogP contribution in [0.2, 0.25) is 0 Å². The Morgan fingerprint density at radius 1 is 1.38 bits per heavy atom. The molecule has 1 aromatic heterocycles. The molecule has 21 heavy (non-hydrogen) atoms. The summed E-state index contributed by atoms with van der Waals surface area (Å²) < 4.78 is 6.12. The second kappa shape index (κ2) is 6.73. The Labute approximate surface area is 134 Å². The number of thiophene rings is 1. The molecule has 5 nitrogen and oxygen atoms in total. The van der Waals surface area contributed by atoms with Crippen LogP contribution < -0.4 is 15.8 Å². The lowest BCUT2D eigenvalue weighted by Crippen LogP contribution is -2.20. The number of hydrogen-bond acceptors (Lipinski definition) is 4. The van der Waals surface area contributed by atoms with Crippen LogP contribution in [-0.4, -0.2) is 18.4 Å². The lowest BCUT2D eigenvalue weighted by Gasteiger charge is -2.07. The van der Waals surface area contributed by atoms with Gasteiger partial charge in [0, 0.05) is 11.8 Å². The quantitative estimate of drug-likeness (QED) is 0.850. The lowest BCUT2D eigenvalue weighted by molar-refractivity contribution is -0.119. The summed E-state index contributed by atoms with van der Waals surface area (Å²) in [5.41, 5.74) is 6.62. The molecule has 0 radical (unpaired) electrons. The van der Waals surface area contributed by atoms with Crippen molar-refractivity contribution in [3.05, 3.63) is 44.6 Å². The lowest BCUT2D eigenvalue weighted by atomic mass is 10.3. The van der Waals surface area contributed by atoms with Gasteiger partial charge in [-0.15, -0.1) is 11.3 Å². The number of ether oxygens (including phenoxy) is 1. The highest BCUT2D eigenvalue weighted by atomic mass is 79.9. The van der Waals surface area contributed by atoms with Gasteiger partial charge in [-0.25, -0.2) is 0 Å². The molecule has 2 amide bonds. The van der Waals surface area contributed by atoms with E-state index in [1.54, 1.807) is 24.3 Å². The first-order valence-electron chi connectivity index (χ1n) is 6.04. The third kappa shape index (κ3) is 4.30. The first kappa shape index (κ1) is 15.5. The highest BCUT2D eigenvalue weighted by Crippen LogP contribution is 2.28. The minimum absolute atomic E-state index is 0.194. The van der Waals surface area contributed by atoms with Crippen molar-refractivity contribution in [3.63, 3.8) is 0 Å². The van der Waals surface area contributed by atoms with Crippen molar-refractivity contribution in [3.8, 4) is 5.75 Å². The molecule has 3 N–H and O–H groups in total. The van der Waals surface area contributed by atoms with E-state index in [4.69, 9.17) is 10.5 Å². The fourth-order valence-electron chi connectivity index (χ4n) is 1.58. The minimum atomic E-state index is -0.552. The number of halogens is 1. The number of benzene rings is 1. The highest BCUT2D eigenvalue weighted by molar-refractivity contribution is 9.11. The van der Waals surface area contributed by atoms with Gasteiger partial charge >= 0.3 is 0 Å². The van der Waals surface area contributed by atoms with Gasteiger partial charge in [-0.3, -0.25) is 9.59 Å². The van der Waals surface area contributed by atoms with Gasteiger partial charge in [-0.2, -0.15) is 0 Å². The normalized spacial score (nSPS) is 10.2. The van der Waals surface area contributed by atoms with Crippen molar-refractivity contribution >= 4 is 44.8 Å². The average Bonchev–Trinajstić information content (AvgIpc) is 2.77. The van der Waals surface area contributed by atoms with Gasteiger partial charge in [0.25, 0.3) is 11.8 Å². The number of aryl methyl sites for hydroxylation is 1. The number of primary amides is 1. The summed E-state index contributed by atoms with van der Waals surface area (Å²) in [5.74, 6) is -0.278. The molecule has 0 fully saturated rings. The first-order valence-corrected chi connectivity index (χ1v) is 7.65. The largest absolute Gasteiger partial charge is 0.484 e. The Morgan fingerprint density at radius 3 is 2.76 bits per heavy atom. The molecule has 0 saturated heterocycles. The Kier molecular flexibility index (Phi) is 4.98. The Balaban J connectivity index is 2.07. The molecule has 110 valence electrons. The Bertz CT molecular complexity index is 665. The zero-order chi connectivity index (χ0) is 15.4. The fourth-order valence-corrected chi connectivity index (χ4v) is 3.01. The molecule has 0 aliphatic carbocycles. The summed E-state index contributed by atoms with van der Waals surface area (Å²) in [6, 6.07) is 8.60. The number of hydrogen-bond donors (Lipinski definition) is 2. The molecular weight excluding hydrogens is 356 g/mol. The number of nitrogens with two attached hydrogens (primary N) is 1. The number of carbonyl (C=O) groups is 2. The number of anilines is 1. The average molecular weight is 369 g/mol. The smallest absolute Gasteiger partial charge is 0.265 e.